The Balaban J connectivity index is 2.36. The average molecular weight is 328 g/mol. The van der Waals surface area contributed by atoms with E-state index in [-0.39, 0.29) is 11.4 Å². The molecule has 1 heterocycles. The Bertz CT molecular complexity index is 700. The van der Waals surface area contributed by atoms with E-state index in [0.29, 0.717) is 12.1 Å². The number of nitrogens with one attached hydrogen (secondary N) is 1. The molecule has 0 spiro atoms. The molecule has 7 heteroatoms. The number of hydrogen-bond donors (Lipinski definition) is 1. The van der Waals surface area contributed by atoms with Gasteiger partial charge < -0.3 is 5.32 Å². The predicted octanol–water partition coefficient (Wildman–Crippen LogP) is 2.43. The number of nitrogens with zero attached hydrogens (tertiary/aromatic N) is 1. The molecule has 0 unspecified atom stereocenters. The first-order valence-corrected chi connectivity index (χ1v) is 8.74. The van der Waals surface area contributed by atoms with Crippen molar-refractivity contribution in [2.45, 2.75) is 18.0 Å². The lowest BCUT2D eigenvalue weighted by Gasteiger charge is -2.19. The van der Waals surface area contributed by atoms with Crippen LogP contribution in [0, 0.1) is 5.82 Å². The Morgan fingerprint density at radius 1 is 1.33 bits per heavy atom. The highest BCUT2D eigenvalue weighted by Crippen LogP contribution is 2.22. The molecule has 0 aliphatic rings. The van der Waals surface area contributed by atoms with Gasteiger partial charge in [-0.1, -0.05) is 6.07 Å². The summed E-state index contributed by atoms with van der Waals surface area (Å²) in [6, 6.07) is 5.71. The van der Waals surface area contributed by atoms with Crippen molar-refractivity contribution in [2.75, 3.05) is 14.1 Å². The zero-order valence-electron chi connectivity index (χ0n) is 11.8. The van der Waals surface area contributed by atoms with Gasteiger partial charge in [-0.25, -0.2) is 12.8 Å². The third-order valence-corrected chi connectivity index (χ3v) is 5.69. The van der Waals surface area contributed by atoms with Gasteiger partial charge >= 0.3 is 0 Å². The van der Waals surface area contributed by atoms with E-state index in [1.807, 2.05) is 16.8 Å². The van der Waals surface area contributed by atoms with E-state index in [4.69, 9.17) is 0 Å². The topological polar surface area (TPSA) is 49.4 Å². The van der Waals surface area contributed by atoms with E-state index >= 15 is 0 Å². The lowest BCUT2D eigenvalue weighted by molar-refractivity contribution is 0.465. The molecule has 114 valence electrons. The van der Waals surface area contributed by atoms with Crippen LogP contribution >= 0.6 is 11.3 Å². The Hall–Kier alpha value is -1.28. The van der Waals surface area contributed by atoms with Crippen LogP contribution in [0.5, 0.6) is 0 Å². The molecule has 1 aromatic carbocycles. The number of rotatable bonds is 6. The third kappa shape index (κ3) is 3.68. The Morgan fingerprint density at radius 3 is 2.71 bits per heavy atom. The number of hydrogen-bond acceptors (Lipinski definition) is 4. The largest absolute Gasteiger partial charge is 0.316 e. The van der Waals surface area contributed by atoms with Gasteiger partial charge in [-0.2, -0.15) is 15.6 Å². The van der Waals surface area contributed by atoms with Crippen LogP contribution in [0.15, 0.2) is 39.9 Å². The molecule has 2 rings (SSSR count). The molecule has 4 nitrogen and oxygen atoms in total. The summed E-state index contributed by atoms with van der Waals surface area (Å²) < 4.78 is 40.0. The van der Waals surface area contributed by atoms with Gasteiger partial charge in [0.05, 0.1) is 4.90 Å². The Kier molecular flexibility index (Phi) is 5.10. The molecule has 0 atom stereocenters. The Labute approximate surface area is 128 Å². The molecule has 0 aliphatic carbocycles. The Morgan fingerprint density at radius 2 is 2.10 bits per heavy atom. The van der Waals surface area contributed by atoms with Gasteiger partial charge in [-0.15, -0.1) is 0 Å². The monoisotopic (exact) mass is 328 g/mol. The SMILES string of the molecule is CNCc1ccc(F)cc1S(=O)(=O)N(C)Cc1ccsc1. The minimum absolute atomic E-state index is 0.00887. The summed E-state index contributed by atoms with van der Waals surface area (Å²) in [5.41, 5.74) is 1.47. The summed E-state index contributed by atoms with van der Waals surface area (Å²) in [4.78, 5) is 0.00887. The highest BCUT2D eigenvalue weighted by Gasteiger charge is 2.24. The molecule has 2 aromatic rings. The van der Waals surface area contributed by atoms with Crippen LogP contribution in [0.25, 0.3) is 0 Å². The first-order valence-electron chi connectivity index (χ1n) is 6.35. The number of sulfonamides is 1. The van der Waals surface area contributed by atoms with E-state index in [0.717, 1.165) is 11.6 Å². The van der Waals surface area contributed by atoms with Crippen molar-refractivity contribution in [1.29, 1.82) is 0 Å². The van der Waals surface area contributed by atoms with E-state index in [1.165, 1.54) is 34.8 Å². The zero-order chi connectivity index (χ0) is 15.5. The van der Waals surface area contributed by atoms with Crippen molar-refractivity contribution in [3.05, 3.63) is 52.0 Å². The van der Waals surface area contributed by atoms with Crippen molar-refractivity contribution in [1.82, 2.24) is 9.62 Å². The molecule has 0 aliphatic heterocycles. The summed E-state index contributed by atoms with van der Waals surface area (Å²) in [6.45, 7) is 0.627. The van der Waals surface area contributed by atoms with Crippen LogP contribution in [0.4, 0.5) is 4.39 Å². The van der Waals surface area contributed by atoms with Crippen molar-refractivity contribution in [2.24, 2.45) is 0 Å². The first-order chi connectivity index (χ1) is 9.95. The quantitative estimate of drug-likeness (QED) is 0.886. The van der Waals surface area contributed by atoms with Gasteiger partial charge in [0, 0.05) is 20.1 Å². The van der Waals surface area contributed by atoms with Crippen LogP contribution in [0.2, 0.25) is 0 Å². The van der Waals surface area contributed by atoms with Gasteiger partial charge in [-0.05, 0) is 47.1 Å². The van der Waals surface area contributed by atoms with Crippen LogP contribution < -0.4 is 5.32 Å². The average Bonchev–Trinajstić information content (AvgIpc) is 2.93. The standard InChI is InChI=1S/C14H17FN2O2S2/c1-16-8-12-3-4-13(15)7-14(12)21(18,19)17(2)9-11-5-6-20-10-11/h3-7,10,16H,8-9H2,1-2H3. The summed E-state index contributed by atoms with van der Waals surface area (Å²) in [5, 5.41) is 6.68. The summed E-state index contributed by atoms with van der Waals surface area (Å²) >= 11 is 1.51. The normalized spacial score (nSPS) is 12.0. The van der Waals surface area contributed by atoms with Gasteiger partial charge in [-0.3, -0.25) is 0 Å². The van der Waals surface area contributed by atoms with E-state index in [1.54, 1.807) is 7.05 Å². The third-order valence-electron chi connectivity index (χ3n) is 3.07. The van der Waals surface area contributed by atoms with Crippen molar-refractivity contribution in [3.63, 3.8) is 0 Å². The highest BCUT2D eigenvalue weighted by molar-refractivity contribution is 7.89. The maximum Gasteiger partial charge on any atom is 0.243 e. The molecule has 21 heavy (non-hydrogen) atoms. The van der Waals surface area contributed by atoms with Gasteiger partial charge in [0.2, 0.25) is 10.0 Å². The summed E-state index contributed by atoms with van der Waals surface area (Å²) in [5.74, 6) is -0.558. The molecule has 0 bridgehead atoms. The fraction of sp³-hybridized carbons (Fsp3) is 0.286. The lowest BCUT2D eigenvalue weighted by atomic mass is 10.2. The number of halogens is 1. The molecule has 0 saturated heterocycles. The fourth-order valence-corrected chi connectivity index (χ4v) is 4.05. The van der Waals surface area contributed by atoms with E-state index in [9.17, 15) is 12.8 Å². The van der Waals surface area contributed by atoms with E-state index < -0.39 is 15.8 Å². The minimum atomic E-state index is -3.73. The second kappa shape index (κ2) is 6.65. The minimum Gasteiger partial charge on any atom is -0.316 e. The summed E-state index contributed by atoms with van der Waals surface area (Å²) in [6.07, 6.45) is 0. The number of thiophene rings is 1. The highest BCUT2D eigenvalue weighted by atomic mass is 32.2. The maximum atomic E-state index is 13.5. The molecule has 1 aromatic heterocycles. The molecular weight excluding hydrogens is 311 g/mol. The van der Waals surface area contributed by atoms with Crippen LogP contribution in [-0.2, 0) is 23.1 Å². The van der Waals surface area contributed by atoms with Crippen molar-refractivity contribution in [3.8, 4) is 0 Å². The molecule has 0 radical (unpaired) electrons. The van der Waals surface area contributed by atoms with Gasteiger partial charge in [0.1, 0.15) is 5.82 Å². The lowest BCUT2D eigenvalue weighted by Crippen LogP contribution is -2.28. The van der Waals surface area contributed by atoms with Crippen molar-refractivity contribution < 1.29 is 12.8 Å². The fourth-order valence-electron chi connectivity index (χ4n) is 2.00. The number of benzene rings is 1. The second-order valence-electron chi connectivity index (χ2n) is 4.68. The molecule has 0 amide bonds. The van der Waals surface area contributed by atoms with Crippen molar-refractivity contribution >= 4 is 21.4 Å². The van der Waals surface area contributed by atoms with E-state index in [2.05, 4.69) is 5.32 Å². The smallest absolute Gasteiger partial charge is 0.243 e. The second-order valence-corrected chi connectivity index (χ2v) is 7.47. The maximum absolute atomic E-state index is 13.5. The molecule has 1 N–H and O–H groups in total. The van der Waals surface area contributed by atoms with Crippen LogP contribution in [0.1, 0.15) is 11.1 Å². The van der Waals surface area contributed by atoms with Crippen LogP contribution in [-0.4, -0.2) is 26.8 Å². The predicted molar refractivity (Wildman–Crippen MR) is 82.1 cm³/mol. The molecule has 0 fully saturated rings. The molecule has 0 saturated carbocycles. The first kappa shape index (κ1) is 16.1. The summed E-state index contributed by atoms with van der Waals surface area (Å²) in [7, 11) is -0.514. The van der Waals surface area contributed by atoms with Crippen LogP contribution in [0.3, 0.4) is 0 Å². The molecular formula is C14H17FN2O2S2. The van der Waals surface area contributed by atoms with Gasteiger partial charge in [0.15, 0.2) is 0 Å². The zero-order valence-corrected chi connectivity index (χ0v) is 13.5. The van der Waals surface area contributed by atoms with Gasteiger partial charge in [0.25, 0.3) is 0 Å².